The Morgan fingerprint density at radius 3 is 2.31 bits per heavy atom. The van der Waals surface area contributed by atoms with Gasteiger partial charge in [-0.15, -0.1) is 0 Å². The topological polar surface area (TPSA) is 57.8 Å². The third kappa shape index (κ3) is 3.94. The van der Waals surface area contributed by atoms with Gasteiger partial charge in [0.15, 0.2) is 0 Å². The van der Waals surface area contributed by atoms with Gasteiger partial charge in [0.05, 0.1) is 22.4 Å². The summed E-state index contributed by atoms with van der Waals surface area (Å²) in [6.07, 6.45) is 5.44. The molecule has 4 aromatic heterocycles. The predicted octanol–water partition coefficient (Wildman–Crippen LogP) is 7.84. The van der Waals surface area contributed by atoms with Crippen LogP contribution in [0.15, 0.2) is 116 Å². The molecule has 7 aromatic rings. The van der Waals surface area contributed by atoms with Crippen LogP contribution in [0.5, 0.6) is 11.5 Å². The van der Waals surface area contributed by atoms with Crippen molar-refractivity contribution < 1.29 is 4.74 Å². The summed E-state index contributed by atoms with van der Waals surface area (Å²) < 4.78 is 10.6. The molecule has 188 valence electrons. The highest BCUT2D eigenvalue weighted by Crippen LogP contribution is 2.35. The number of benzene rings is 3. The van der Waals surface area contributed by atoms with E-state index >= 15 is 0 Å². The van der Waals surface area contributed by atoms with E-state index in [1.54, 1.807) is 0 Å². The second-order valence-electron chi connectivity index (χ2n) is 9.51. The molecule has 0 saturated carbocycles. The van der Waals surface area contributed by atoms with Crippen molar-refractivity contribution in [1.29, 1.82) is 0 Å². The summed E-state index contributed by atoms with van der Waals surface area (Å²) in [5, 5.41) is 7.18. The molecule has 0 aliphatic carbocycles. The van der Waals surface area contributed by atoms with Gasteiger partial charge in [0.25, 0.3) is 0 Å². The van der Waals surface area contributed by atoms with Crippen LogP contribution in [0, 0.1) is 13.8 Å². The highest BCUT2D eigenvalue weighted by molar-refractivity contribution is 6.09. The minimum absolute atomic E-state index is 0.741. The number of ether oxygens (including phenoxy) is 1. The van der Waals surface area contributed by atoms with Crippen molar-refractivity contribution in [2.45, 2.75) is 13.8 Å². The second kappa shape index (κ2) is 9.26. The summed E-state index contributed by atoms with van der Waals surface area (Å²) in [6.45, 7) is 4.13. The minimum atomic E-state index is 0.741. The lowest BCUT2D eigenvalue weighted by Gasteiger charge is -2.11. The van der Waals surface area contributed by atoms with Gasteiger partial charge in [0, 0.05) is 52.8 Å². The number of fused-ring (bicyclic) bond motifs is 3. The van der Waals surface area contributed by atoms with Crippen LogP contribution in [0.4, 0.5) is 0 Å². The number of hydrogen-bond donors (Lipinski definition) is 0. The average Bonchev–Trinajstić information content (AvgIpc) is 3.47. The van der Waals surface area contributed by atoms with Crippen LogP contribution in [0.25, 0.3) is 44.4 Å². The van der Waals surface area contributed by atoms with Crippen LogP contribution in [-0.2, 0) is 0 Å². The van der Waals surface area contributed by atoms with Crippen LogP contribution >= 0.6 is 0 Å². The van der Waals surface area contributed by atoms with Crippen molar-refractivity contribution in [3.05, 3.63) is 127 Å². The van der Waals surface area contributed by atoms with Gasteiger partial charge in [-0.3, -0.25) is 9.55 Å². The predicted molar refractivity (Wildman–Crippen MR) is 155 cm³/mol. The lowest BCUT2D eigenvalue weighted by molar-refractivity contribution is 0.483. The Kier molecular flexibility index (Phi) is 5.44. The van der Waals surface area contributed by atoms with Gasteiger partial charge < -0.3 is 4.74 Å². The number of rotatable bonds is 5. The molecule has 0 fully saturated rings. The maximum Gasteiger partial charge on any atom is 0.137 e. The van der Waals surface area contributed by atoms with Gasteiger partial charge in [0.2, 0.25) is 0 Å². The van der Waals surface area contributed by atoms with Crippen molar-refractivity contribution in [2.75, 3.05) is 0 Å². The molecule has 0 saturated heterocycles. The van der Waals surface area contributed by atoms with Crippen LogP contribution < -0.4 is 4.74 Å². The van der Waals surface area contributed by atoms with Gasteiger partial charge in [-0.1, -0.05) is 30.3 Å². The SMILES string of the molecule is Cc1nn(-c2cccc(Oc3ccc4c5ccccc5n(-c5ccccn5)c4c3)c2)c(C)c1-c1ccncc1. The number of nitrogens with zero attached hydrogens (tertiary/aromatic N) is 5. The van der Waals surface area contributed by atoms with E-state index in [1.165, 1.54) is 5.39 Å². The molecule has 0 bridgehead atoms. The summed E-state index contributed by atoms with van der Waals surface area (Å²) in [7, 11) is 0. The van der Waals surface area contributed by atoms with Crippen LogP contribution in [0.2, 0.25) is 0 Å². The van der Waals surface area contributed by atoms with Crippen molar-refractivity contribution >= 4 is 21.8 Å². The molecule has 7 rings (SSSR count). The Morgan fingerprint density at radius 1 is 0.667 bits per heavy atom. The van der Waals surface area contributed by atoms with Crippen molar-refractivity contribution in [3.8, 4) is 34.1 Å². The summed E-state index contributed by atoms with van der Waals surface area (Å²) >= 11 is 0. The van der Waals surface area contributed by atoms with E-state index in [0.717, 1.165) is 61.9 Å². The van der Waals surface area contributed by atoms with Gasteiger partial charge in [-0.2, -0.15) is 5.10 Å². The van der Waals surface area contributed by atoms with Gasteiger partial charge >= 0.3 is 0 Å². The fraction of sp³-hybridized carbons (Fsp3) is 0.0606. The standard InChI is InChI=1S/C33H25N5O/c1-22-33(24-15-18-34-19-16-24)23(2)38(36-22)25-8-7-9-26(20-25)39-27-13-14-29-28-10-3-4-11-30(28)37(31(29)21-27)32-12-5-6-17-35-32/h3-21H,1-2H3. The molecule has 3 aromatic carbocycles. The third-order valence-electron chi connectivity index (χ3n) is 7.08. The summed E-state index contributed by atoms with van der Waals surface area (Å²) in [4.78, 5) is 8.78. The van der Waals surface area contributed by atoms with E-state index in [4.69, 9.17) is 9.84 Å². The third-order valence-corrected chi connectivity index (χ3v) is 7.08. The molecule has 0 N–H and O–H groups in total. The molecule has 4 heterocycles. The number of aromatic nitrogens is 5. The van der Waals surface area contributed by atoms with Gasteiger partial charge in [0.1, 0.15) is 17.3 Å². The highest BCUT2D eigenvalue weighted by Gasteiger charge is 2.16. The van der Waals surface area contributed by atoms with Crippen LogP contribution in [-0.4, -0.2) is 24.3 Å². The smallest absolute Gasteiger partial charge is 0.137 e. The number of para-hydroxylation sites is 1. The first-order chi connectivity index (χ1) is 19.2. The summed E-state index contributed by atoms with van der Waals surface area (Å²) in [6, 6.07) is 32.7. The van der Waals surface area contributed by atoms with E-state index in [0.29, 0.717) is 0 Å². The Bertz CT molecular complexity index is 1960. The van der Waals surface area contributed by atoms with Crippen molar-refractivity contribution in [3.63, 3.8) is 0 Å². The molecular weight excluding hydrogens is 482 g/mol. The molecule has 0 amide bonds. The molecule has 0 atom stereocenters. The number of aryl methyl sites for hydroxylation is 1. The first kappa shape index (κ1) is 22.9. The van der Waals surface area contributed by atoms with Gasteiger partial charge in [-0.05, 0) is 74.0 Å². The highest BCUT2D eigenvalue weighted by atomic mass is 16.5. The Labute approximate surface area is 225 Å². The average molecular weight is 508 g/mol. The van der Waals surface area contributed by atoms with Crippen LogP contribution in [0.3, 0.4) is 0 Å². The molecule has 0 radical (unpaired) electrons. The summed E-state index contributed by atoms with van der Waals surface area (Å²) in [5.74, 6) is 2.37. The molecule has 0 spiro atoms. The zero-order chi connectivity index (χ0) is 26.3. The quantitative estimate of drug-likeness (QED) is 0.238. The zero-order valence-corrected chi connectivity index (χ0v) is 21.6. The molecular formula is C33H25N5O. The van der Waals surface area contributed by atoms with Crippen LogP contribution in [0.1, 0.15) is 11.4 Å². The molecule has 39 heavy (non-hydrogen) atoms. The van der Waals surface area contributed by atoms with E-state index < -0.39 is 0 Å². The van der Waals surface area contributed by atoms with E-state index in [1.807, 2.05) is 90.9 Å². The maximum atomic E-state index is 6.41. The minimum Gasteiger partial charge on any atom is -0.457 e. The lowest BCUT2D eigenvalue weighted by atomic mass is 10.1. The maximum absolute atomic E-state index is 6.41. The Hall–Kier alpha value is -5.23. The molecule has 6 nitrogen and oxygen atoms in total. The first-order valence-corrected chi connectivity index (χ1v) is 12.9. The van der Waals surface area contributed by atoms with Crippen molar-refractivity contribution in [1.82, 2.24) is 24.3 Å². The number of pyridine rings is 2. The number of hydrogen-bond acceptors (Lipinski definition) is 4. The van der Waals surface area contributed by atoms with E-state index in [2.05, 4.69) is 57.9 Å². The molecule has 6 heteroatoms. The fourth-order valence-corrected chi connectivity index (χ4v) is 5.39. The largest absolute Gasteiger partial charge is 0.457 e. The lowest BCUT2D eigenvalue weighted by Crippen LogP contribution is -1.99. The van der Waals surface area contributed by atoms with Gasteiger partial charge in [-0.25, -0.2) is 9.67 Å². The molecule has 0 aliphatic heterocycles. The zero-order valence-electron chi connectivity index (χ0n) is 21.6. The fourth-order valence-electron chi connectivity index (χ4n) is 5.39. The molecule has 0 aliphatic rings. The van der Waals surface area contributed by atoms with Crippen molar-refractivity contribution in [2.24, 2.45) is 0 Å². The monoisotopic (exact) mass is 507 g/mol. The summed E-state index contributed by atoms with van der Waals surface area (Å²) in [5.41, 5.74) is 7.36. The Morgan fingerprint density at radius 2 is 1.46 bits per heavy atom. The normalized spacial score (nSPS) is 11.3. The molecule has 0 unspecified atom stereocenters. The Balaban J connectivity index is 1.28. The second-order valence-corrected chi connectivity index (χ2v) is 9.51. The first-order valence-electron chi connectivity index (χ1n) is 12.9. The van der Waals surface area contributed by atoms with E-state index in [9.17, 15) is 0 Å². The van der Waals surface area contributed by atoms with E-state index in [-0.39, 0.29) is 0 Å².